The van der Waals surface area contributed by atoms with Gasteiger partial charge in [-0.3, -0.25) is 4.90 Å². The highest BCUT2D eigenvalue weighted by molar-refractivity contribution is 5.69. The zero-order valence-electron chi connectivity index (χ0n) is 13.2. The Morgan fingerprint density at radius 2 is 1.95 bits per heavy atom. The molecule has 1 aliphatic rings. The first-order chi connectivity index (χ1) is 9.78. The molecule has 2 rings (SSSR count). The normalized spacial score (nSPS) is 20.4. The van der Waals surface area contributed by atoms with E-state index in [2.05, 4.69) is 4.90 Å². The fourth-order valence-electron chi connectivity index (χ4n) is 2.49. The average molecular weight is 292 g/mol. The lowest BCUT2D eigenvalue weighted by molar-refractivity contribution is 0.000810. The number of nitrogens with zero attached hydrogens (tertiary/aromatic N) is 2. The smallest absolute Gasteiger partial charge is 0.410 e. The second kappa shape index (κ2) is 5.93. The highest BCUT2D eigenvalue weighted by Gasteiger charge is 2.34. The van der Waals surface area contributed by atoms with Gasteiger partial charge in [-0.1, -0.05) is 18.2 Å². The molecule has 0 saturated carbocycles. The van der Waals surface area contributed by atoms with Gasteiger partial charge in [-0.2, -0.15) is 0 Å². The van der Waals surface area contributed by atoms with Gasteiger partial charge in [-0.25, -0.2) is 4.79 Å². The van der Waals surface area contributed by atoms with Crippen LogP contribution in [0.2, 0.25) is 0 Å². The van der Waals surface area contributed by atoms with Crippen molar-refractivity contribution >= 4 is 6.09 Å². The largest absolute Gasteiger partial charge is 0.508 e. The Balaban J connectivity index is 2.26. The van der Waals surface area contributed by atoms with Crippen LogP contribution in [-0.2, 0) is 4.74 Å². The molecule has 1 aromatic rings. The number of aromatic hydroxyl groups is 1. The summed E-state index contributed by atoms with van der Waals surface area (Å²) in [6.07, 6.45) is -0.330. The number of carbonyl (C=O) groups excluding carboxylic acids is 1. The van der Waals surface area contributed by atoms with Crippen LogP contribution >= 0.6 is 0 Å². The van der Waals surface area contributed by atoms with Crippen LogP contribution < -0.4 is 0 Å². The van der Waals surface area contributed by atoms with Gasteiger partial charge in [-0.05, 0) is 33.9 Å². The molecule has 1 aliphatic heterocycles. The molecule has 1 unspecified atom stereocenters. The number of hydrogen-bond donors (Lipinski definition) is 1. The van der Waals surface area contributed by atoms with Gasteiger partial charge in [0, 0.05) is 25.2 Å². The first-order valence-corrected chi connectivity index (χ1v) is 7.24. The maximum Gasteiger partial charge on any atom is 0.410 e. The third-order valence-corrected chi connectivity index (χ3v) is 3.51. The number of para-hydroxylation sites is 1. The summed E-state index contributed by atoms with van der Waals surface area (Å²) in [6.45, 7) is 7.63. The quantitative estimate of drug-likeness (QED) is 0.864. The maximum absolute atomic E-state index is 12.4. The van der Waals surface area contributed by atoms with E-state index >= 15 is 0 Å². The molecule has 0 spiro atoms. The molecule has 1 atom stereocenters. The lowest BCUT2D eigenvalue weighted by Crippen LogP contribution is -2.50. The maximum atomic E-state index is 12.4. The predicted octanol–water partition coefficient (Wildman–Crippen LogP) is 2.62. The highest BCUT2D eigenvalue weighted by Crippen LogP contribution is 2.32. The van der Waals surface area contributed by atoms with Crippen molar-refractivity contribution < 1.29 is 14.6 Å². The fourth-order valence-corrected chi connectivity index (χ4v) is 2.49. The van der Waals surface area contributed by atoms with E-state index in [-0.39, 0.29) is 17.9 Å². The van der Waals surface area contributed by atoms with E-state index < -0.39 is 5.60 Å². The third kappa shape index (κ3) is 3.88. The van der Waals surface area contributed by atoms with E-state index in [0.717, 1.165) is 12.1 Å². The van der Waals surface area contributed by atoms with E-state index in [1.165, 1.54) is 0 Å². The van der Waals surface area contributed by atoms with E-state index in [1.807, 2.05) is 40.0 Å². The summed E-state index contributed by atoms with van der Waals surface area (Å²) in [5.74, 6) is 0.214. The molecule has 5 nitrogen and oxygen atoms in total. The van der Waals surface area contributed by atoms with Crippen molar-refractivity contribution in [1.82, 2.24) is 9.80 Å². The zero-order valence-corrected chi connectivity index (χ0v) is 13.2. The predicted molar refractivity (Wildman–Crippen MR) is 81.3 cm³/mol. The standard InChI is InChI=1S/C16H24N2O3/c1-16(2,3)21-15(20)18-10-9-17(4)11-13(18)12-7-5-6-8-14(12)19/h5-8,13,19H,9-11H2,1-4H3. The number of rotatable bonds is 1. The molecule has 5 heteroatoms. The van der Waals surface area contributed by atoms with Crippen molar-refractivity contribution in [2.24, 2.45) is 0 Å². The molecule has 0 aliphatic carbocycles. The van der Waals surface area contributed by atoms with Gasteiger partial charge in [0.25, 0.3) is 0 Å². The number of benzene rings is 1. The highest BCUT2D eigenvalue weighted by atomic mass is 16.6. The molecular weight excluding hydrogens is 268 g/mol. The topological polar surface area (TPSA) is 53.0 Å². The van der Waals surface area contributed by atoms with Crippen molar-refractivity contribution in [1.29, 1.82) is 0 Å². The van der Waals surface area contributed by atoms with Gasteiger partial charge in [0.2, 0.25) is 0 Å². The Morgan fingerprint density at radius 1 is 1.29 bits per heavy atom. The summed E-state index contributed by atoms with van der Waals surface area (Å²) in [6, 6.07) is 6.97. The Labute approximate surface area is 126 Å². The number of likely N-dealkylation sites (N-methyl/N-ethyl adjacent to an activating group) is 1. The van der Waals surface area contributed by atoms with Crippen LogP contribution in [-0.4, -0.2) is 53.3 Å². The number of phenols is 1. The van der Waals surface area contributed by atoms with Gasteiger partial charge in [0.05, 0.1) is 6.04 Å². The minimum absolute atomic E-state index is 0.195. The fraction of sp³-hybridized carbons (Fsp3) is 0.562. The third-order valence-electron chi connectivity index (χ3n) is 3.51. The number of amides is 1. The summed E-state index contributed by atoms with van der Waals surface area (Å²) >= 11 is 0. The Morgan fingerprint density at radius 3 is 2.57 bits per heavy atom. The van der Waals surface area contributed by atoms with Crippen molar-refractivity contribution in [3.8, 4) is 5.75 Å². The van der Waals surface area contributed by atoms with Crippen LogP contribution in [0.5, 0.6) is 5.75 Å². The van der Waals surface area contributed by atoms with Gasteiger partial charge < -0.3 is 14.7 Å². The van der Waals surface area contributed by atoms with Crippen LogP contribution in [0.15, 0.2) is 24.3 Å². The SMILES string of the molecule is CN1CCN(C(=O)OC(C)(C)C)C(c2ccccc2O)C1. The van der Waals surface area contributed by atoms with E-state index in [1.54, 1.807) is 17.0 Å². The van der Waals surface area contributed by atoms with Crippen LogP contribution in [0.25, 0.3) is 0 Å². The molecule has 0 aromatic heterocycles. The Bertz CT molecular complexity index is 510. The number of ether oxygens (including phenoxy) is 1. The zero-order chi connectivity index (χ0) is 15.6. The van der Waals surface area contributed by atoms with Crippen molar-refractivity contribution in [3.63, 3.8) is 0 Å². The molecule has 1 heterocycles. The number of piperazine rings is 1. The Hall–Kier alpha value is -1.75. The molecule has 0 bridgehead atoms. The average Bonchev–Trinajstić information content (AvgIpc) is 2.37. The number of hydrogen-bond acceptors (Lipinski definition) is 4. The summed E-state index contributed by atoms with van der Waals surface area (Å²) < 4.78 is 5.49. The molecule has 1 amide bonds. The lowest BCUT2D eigenvalue weighted by atomic mass is 10.0. The van der Waals surface area contributed by atoms with Crippen LogP contribution in [0.1, 0.15) is 32.4 Å². The monoisotopic (exact) mass is 292 g/mol. The van der Waals surface area contributed by atoms with Gasteiger partial charge >= 0.3 is 6.09 Å². The van der Waals surface area contributed by atoms with Crippen molar-refractivity contribution in [2.75, 3.05) is 26.7 Å². The molecule has 1 saturated heterocycles. The lowest BCUT2D eigenvalue weighted by Gasteiger charge is -2.40. The first kappa shape index (κ1) is 15.6. The van der Waals surface area contributed by atoms with E-state index in [4.69, 9.17) is 4.74 Å². The summed E-state index contributed by atoms with van der Waals surface area (Å²) in [5, 5.41) is 10.1. The molecule has 1 N–H and O–H groups in total. The number of carbonyl (C=O) groups is 1. The molecule has 1 aromatic carbocycles. The van der Waals surface area contributed by atoms with E-state index in [0.29, 0.717) is 13.1 Å². The van der Waals surface area contributed by atoms with Crippen LogP contribution in [0, 0.1) is 0 Å². The van der Waals surface area contributed by atoms with Crippen LogP contribution in [0.4, 0.5) is 4.79 Å². The summed E-state index contributed by atoms with van der Waals surface area (Å²) in [7, 11) is 2.01. The minimum Gasteiger partial charge on any atom is -0.508 e. The van der Waals surface area contributed by atoms with Gasteiger partial charge in [0.1, 0.15) is 11.4 Å². The second-order valence-corrected chi connectivity index (χ2v) is 6.51. The van der Waals surface area contributed by atoms with Gasteiger partial charge in [-0.15, -0.1) is 0 Å². The first-order valence-electron chi connectivity index (χ1n) is 7.24. The van der Waals surface area contributed by atoms with Gasteiger partial charge in [0.15, 0.2) is 0 Å². The van der Waals surface area contributed by atoms with Crippen molar-refractivity contribution in [3.05, 3.63) is 29.8 Å². The molecular formula is C16H24N2O3. The van der Waals surface area contributed by atoms with E-state index in [9.17, 15) is 9.90 Å². The minimum atomic E-state index is -0.524. The van der Waals surface area contributed by atoms with Crippen LogP contribution in [0.3, 0.4) is 0 Å². The molecule has 1 fully saturated rings. The number of phenolic OH excluding ortho intramolecular Hbond substituents is 1. The molecule has 116 valence electrons. The Kier molecular flexibility index (Phi) is 4.42. The van der Waals surface area contributed by atoms with Crippen molar-refractivity contribution in [2.45, 2.75) is 32.4 Å². The molecule has 21 heavy (non-hydrogen) atoms. The summed E-state index contributed by atoms with van der Waals surface area (Å²) in [5.41, 5.74) is 0.235. The summed E-state index contributed by atoms with van der Waals surface area (Å²) in [4.78, 5) is 16.3. The molecule has 0 radical (unpaired) electrons. The second-order valence-electron chi connectivity index (χ2n) is 6.51.